The summed E-state index contributed by atoms with van der Waals surface area (Å²) in [5.74, 6) is -0.299. The molecule has 144 valence electrons. The molecule has 0 saturated carbocycles. The Balaban J connectivity index is 1.58. The third kappa shape index (κ3) is 5.44. The molecule has 27 heavy (non-hydrogen) atoms. The molecule has 2 aromatic carbocycles. The van der Waals surface area contributed by atoms with Crippen molar-refractivity contribution in [3.05, 3.63) is 69.5 Å². The van der Waals surface area contributed by atoms with Crippen LogP contribution in [0.15, 0.2) is 42.5 Å². The van der Waals surface area contributed by atoms with Crippen molar-refractivity contribution >= 4 is 29.1 Å². The third-order valence-corrected chi connectivity index (χ3v) is 5.60. The second kappa shape index (κ2) is 9.05. The molecule has 1 aliphatic heterocycles. The number of rotatable bonds is 5. The molecule has 0 spiro atoms. The van der Waals surface area contributed by atoms with E-state index in [4.69, 9.17) is 23.2 Å². The van der Waals surface area contributed by atoms with Gasteiger partial charge in [0.2, 0.25) is 5.91 Å². The average molecular weight is 409 g/mol. The first kappa shape index (κ1) is 20.1. The van der Waals surface area contributed by atoms with E-state index in [1.807, 2.05) is 19.1 Å². The molecule has 1 amide bonds. The van der Waals surface area contributed by atoms with Crippen LogP contribution in [0, 0.1) is 11.7 Å². The molecule has 1 heterocycles. The van der Waals surface area contributed by atoms with Crippen LogP contribution in [0.3, 0.4) is 0 Å². The normalized spacial score (nSPS) is 18.9. The van der Waals surface area contributed by atoms with Gasteiger partial charge in [-0.1, -0.05) is 41.4 Å². The zero-order chi connectivity index (χ0) is 19.4. The first-order valence-electron chi connectivity index (χ1n) is 9.14. The summed E-state index contributed by atoms with van der Waals surface area (Å²) < 4.78 is 13.1. The van der Waals surface area contributed by atoms with E-state index in [0.29, 0.717) is 23.1 Å². The maximum absolute atomic E-state index is 13.1. The maximum Gasteiger partial charge on any atom is 0.224 e. The Morgan fingerprint density at radius 3 is 2.70 bits per heavy atom. The number of carbonyl (C=O) groups is 1. The summed E-state index contributed by atoms with van der Waals surface area (Å²) in [5, 5.41) is 4.33. The Kier molecular flexibility index (Phi) is 6.74. The highest BCUT2D eigenvalue weighted by atomic mass is 35.5. The molecule has 1 saturated heterocycles. The Bertz CT molecular complexity index is 797. The number of nitrogens with one attached hydrogen (secondary N) is 1. The summed E-state index contributed by atoms with van der Waals surface area (Å²) in [6.07, 6.45) is 1.83. The molecule has 0 bridgehead atoms. The first-order valence-corrected chi connectivity index (χ1v) is 9.90. The van der Waals surface area contributed by atoms with E-state index in [-0.39, 0.29) is 23.7 Å². The van der Waals surface area contributed by atoms with Gasteiger partial charge in [0, 0.05) is 23.1 Å². The van der Waals surface area contributed by atoms with Gasteiger partial charge >= 0.3 is 0 Å². The molecular formula is C21H23Cl2FN2O. The largest absolute Gasteiger partial charge is 0.349 e. The number of benzene rings is 2. The van der Waals surface area contributed by atoms with Crippen molar-refractivity contribution in [1.82, 2.24) is 10.2 Å². The van der Waals surface area contributed by atoms with Crippen molar-refractivity contribution < 1.29 is 9.18 Å². The van der Waals surface area contributed by atoms with Crippen LogP contribution in [-0.4, -0.2) is 23.9 Å². The van der Waals surface area contributed by atoms with Crippen molar-refractivity contribution in [2.45, 2.75) is 32.4 Å². The SMILES string of the molecule is C[C@@H](NC(=O)[C@@H]1CCCN(Cc2ccc(Cl)cc2Cl)C1)c1ccc(F)cc1. The van der Waals surface area contributed by atoms with Crippen LogP contribution >= 0.6 is 23.2 Å². The highest BCUT2D eigenvalue weighted by molar-refractivity contribution is 6.35. The van der Waals surface area contributed by atoms with Gasteiger partial charge in [0.25, 0.3) is 0 Å². The molecule has 0 radical (unpaired) electrons. The fourth-order valence-electron chi connectivity index (χ4n) is 3.47. The lowest BCUT2D eigenvalue weighted by molar-refractivity contribution is -0.127. The Morgan fingerprint density at radius 2 is 2.00 bits per heavy atom. The summed E-state index contributed by atoms with van der Waals surface area (Å²) >= 11 is 12.2. The summed E-state index contributed by atoms with van der Waals surface area (Å²) in [5.41, 5.74) is 1.91. The lowest BCUT2D eigenvalue weighted by Gasteiger charge is -2.32. The molecule has 3 nitrogen and oxygen atoms in total. The van der Waals surface area contributed by atoms with Crippen LogP contribution in [0.1, 0.15) is 36.9 Å². The maximum atomic E-state index is 13.1. The van der Waals surface area contributed by atoms with E-state index >= 15 is 0 Å². The summed E-state index contributed by atoms with van der Waals surface area (Å²) in [6, 6.07) is 11.6. The van der Waals surface area contributed by atoms with Gasteiger partial charge in [-0.2, -0.15) is 0 Å². The summed E-state index contributed by atoms with van der Waals surface area (Å²) in [4.78, 5) is 15.0. The highest BCUT2D eigenvalue weighted by Gasteiger charge is 2.27. The van der Waals surface area contributed by atoms with Crippen molar-refractivity contribution in [3.63, 3.8) is 0 Å². The fraction of sp³-hybridized carbons (Fsp3) is 0.381. The van der Waals surface area contributed by atoms with E-state index in [2.05, 4.69) is 10.2 Å². The number of piperidine rings is 1. The molecule has 1 N–H and O–H groups in total. The van der Waals surface area contributed by atoms with Crippen molar-refractivity contribution in [2.24, 2.45) is 5.92 Å². The summed E-state index contributed by atoms with van der Waals surface area (Å²) in [6.45, 7) is 4.25. The van der Waals surface area contributed by atoms with Gasteiger partial charge in [-0.05, 0) is 61.7 Å². The minimum Gasteiger partial charge on any atom is -0.349 e. The number of amides is 1. The van der Waals surface area contributed by atoms with E-state index < -0.39 is 0 Å². The number of likely N-dealkylation sites (tertiary alicyclic amines) is 1. The van der Waals surface area contributed by atoms with Crippen LogP contribution in [0.25, 0.3) is 0 Å². The predicted molar refractivity (Wildman–Crippen MR) is 107 cm³/mol. The standard InChI is InChI=1S/C21H23Cl2FN2O/c1-14(15-5-8-19(24)9-6-15)25-21(27)17-3-2-10-26(13-17)12-16-4-7-18(22)11-20(16)23/h4-9,11,14,17H,2-3,10,12-13H2,1H3,(H,25,27)/t14-,17-/m1/s1. The van der Waals surface area contributed by atoms with E-state index in [1.54, 1.807) is 18.2 Å². The topological polar surface area (TPSA) is 32.3 Å². The van der Waals surface area contributed by atoms with Crippen LogP contribution in [0.2, 0.25) is 10.0 Å². The smallest absolute Gasteiger partial charge is 0.224 e. The molecule has 0 unspecified atom stereocenters. The number of hydrogen-bond donors (Lipinski definition) is 1. The van der Waals surface area contributed by atoms with Gasteiger partial charge in [-0.3, -0.25) is 9.69 Å². The summed E-state index contributed by atoms with van der Waals surface area (Å²) in [7, 11) is 0. The molecule has 1 fully saturated rings. The molecule has 0 aliphatic carbocycles. The molecule has 6 heteroatoms. The van der Waals surface area contributed by atoms with Crippen molar-refractivity contribution in [3.8, 4) is 0 Å². The minimum absolute atomic E-state index is 0.0405. The molecule has 0 aromatic heterocycles. The second-order valence-corrected chi connectivity index (χ2v) is 7.94. The van der Waals surface area contributed by atoms with Crippen molar-refractivity contribution in [1.29, 1.82) is 0 Å². The van der Waals surface area contributed by atoms with Gasteiger partial charge in [-0.25, -0.2) is 4.39 Å². The van der Waals surface area contributed by atoms with Crippen LogP contribution in [-0.2, 0) is 11.3 Å². The molecule has 2 atom stereocenters. The average Bonchev–Trinajstić information content (AvgIpc) is 2.65. The Hall–Kier alpha value is -1.62. The number of hydrogen-bond acceptors (Lipinski definition) is 2. The Morgan fingerprint density at radius 1 is 1.26 bits per heavy atom. The van der Waals surface area contributed by atoms with Gasteiger partial charge < -0.3 is 5.32 Å². The molecule has 1 aliphatic rings. The van der Waals surface area contributed by atoms with Gasteiger partial charge in [0.15, 0.2) is 0 Å². The number of carbonyl (C=O) groups excluding carboxylic acids is 1. The predicted octanol–water partition coefficient (Wildman–Crippen LogP) is 5.22. The number of nitrogens with zero attached hydrogens (tertiary/aromatic N) is 1. The quantitative estimate of drug-likeness (QED) is 0.734. The van der Waals surface area contributed by atoms with Crippen LogP contribution in [0.4, 0.5) is 4.39 Å². The zero-order valence-corrected chi connectivity index (χ0v) is 16.7. The fourth-order valence-corrected chi connectivity index (χ4v) is 3.94. The minimum atomic E-state index is -0.277. The first-order chi connectivity index (χ1) is 12.9. The van der Waals surface area contributed by atoms with Crippen molar-refractivity contribution in [2.75, 3.05) is 13.1 Å². The highest BCUT2D eigenvalue weighted by Crippen LogP contribution is 2.25. The van der Waals surface area contributed by atoms with Crippen LogP contribution in [0.5, 0.6) is 0 Å². The van der Waals surface area contributed by atoms with E-state index in [0.717, 1.165) is 30.5 Å². The van der Waals surface area contributed by atoms with E-state index in [9.17, 15) is 9.18 Å². The lowest BCUT2D eigenvalue weighted by Crippen LogP contribution is -2.43. The zero-order valence-electron chi connectivity index (χ0n) is 15.2. The van der Waals surface area contributed by atoms with Crippen LogP contribution < -0.4 is 5.32 Å². The second-order valence-electron chi connectivity index (χ2n) is 7.09. The monoisotopic (exact) mass is 408 g/mol. The Labute approximate surface area is 169 Å². The lowest BCUT2D eigenvalue weighted by atomic mass is 9.96. The molecule has 2 aromatic rings. The molecule has 3 rings (SSSR count). The van der Waals surface area contributed by atoms with E-state index in [1.165, 1.54) is 12.1 Å². The van der Waals surface area contributed by atoms with Gasteiger partial charge in [-0.15, -0.1) is 0 Å². The number of halogens is 3. The third-order valence-electron chi connectivity index (χ3n) is 5.01. The van der Waals surface area contributed by atoms with Gasteiger partial charge in [0.1, 0.15) is 5.82 Å². The van der Waals surface area contributed by atoms with Gasteiger partial charge in [0.05, 0.1) is 12.0 Å². The molecular weight excluding hydrogens is 386 g/mol.